The number of hydrogen-bond donors (Lipinski definition) is 0. The van der Waals surface area contributed by atoms with Crippen LogP contribution in [-0.2, 0) is 4.79 Å². The van der Waals surface area contributed by atoms with Crippen LogP contribution >= 0.6 is 11.6 Å². The van der Waals surface area contributed by atoms with Gasteiger partial charge in [0.2, 0.25) is 0 Å². The Kier molecular flexibility index (Phi) is 6.63. The van der Waals surface area contributed by atoms with Crippen LogP contribution in [-0.4, -0.2) is 5.97 Å². The molecule has 29 heavy (non-hydrogen) atoms. The highest BCUT2D eigenvalue weighted by atomic mass is 35.5. The first-order valence-electron chi connectivity index (χ1n) is 8.98. The molecule has 0 unspecified atom stereocenters. The van der Waals surface area contributed by atoms with Crippen molar-refractivity contribution >= 4 is 35.3 Å². The zero-order valence-electron chi connectivity index (χ0n) is 15.8. The summed E-state index contributed by atoms with van der Waals surface area (Å²) >= 11 is 5.89. The molecule has 0 fully saturated rings. The monoisotopic (exact) mass is 399 g/mol. The van der Waals surface area contributed by atoms with E-state index in [2.05, 4.69) is 6.07 Å². The fraction of sp³-hybridized carbons (Fsp3) is 0.0400. The Morgan fingerprint density at radius 3 is 2.17 bits per heavy atom. The Labute approximate surface area is 175 Å². The third-order valence-corrected chi connectivity index (χ3v) is 4.43. The molecule has 3 aromatic rings. The zero-order chi connectivity index (χ0) is 20.6. The van der Waals surface area contributed by atoms with E-state index in [9.17, 15) is 10.1 Å². The van der Waals surface area contributed by atoms with E-state index in [1.54, 1.807) is 60.7 Å². The largest absolute Gasteiger partial charge is 0.423 e. The van der Waals surface area contributed by atoms with Gasteiger partial charge < -0.3 is 4.74 Å². The molecule has 142 valence electrons. The van der Waals surface area contributed by atoms with Crippen LogP contribution in [0, 0.1) is 18.3 Å². The Bertz CT molecular complexity index is 1090. The number of hydrogen-bond acceptors (Lipinski definition) is 3. The summed E-state index contributed by atoms with van der Waals surface area (Å²) in [5, 5.41) is 10.0. The van der Waals surface area contributed by atoms with E-state index in [1.165, 1.54) is 6.08 Å². The molecule has 3 nitrogen and oxygen atoms in total. The Morgan fingerprint density at radius 1 is 0.931 bits per heavy atom. The standard InChI is InChI=1S/C25H18ClNO2/c1-18-2-4-19(5-3-18)8-15-25(28)29-24-13-6-20(7-14-24)16-22(17-27)21-9-11-23(26)12-10-21/h2-16H,1H3/b15-8+,22-16-. The minimum atomic E-state index is -0.451. The van der Waals surface area contributed by atoms with Crippen molar-refractivity contribution in [3.63, 3.8) is 0 Å². The molecule has 3 aromatic carbocycles. The molecule has 4 heteroatoms. The maximum Gasteiger partial charge on any atom is 0.336 e. The second-order valence-corrected chi connectivity index (χ2v) is 6.85. The number of esters is 1. The molecule has 0 aliphatic heterocycles. The first kappa shape index (κ1) is 20.1. The summed E-state index contributed by atoms with van der Waals surface area (Å²) in [5.41, 5.74) is 4.22. The zero-order valence-corrected chi connectivity index (χ0v) is 16.6. The van der Waals surface area contributed by atoms with Crippen LogP contribution in [0.1, 0.15) is 22.3 Å². The van der Waals surface area contributed by atoms with Crippen LogP contribution in [0.25, 0.3) is 17.7 Å². The molecule has 0 N–H and O–H groups in total. The van der Waals surface area contributed by atoms with Crippen molar-refractivity contribution in [1.29, 1.82) is 5.26 Å². The summed E-state index contributed by atoms with van der Waals surface area (Å²) < 4.78 is 5.32. The molecule has 0 aliphatic rings. The van der Waals surface area contributed by atoms with Gasteiger partial charge in [0.25, 0.3) is 0 Å². The number of nitrogens with zero attached hydrogens (tertiary/aromatic N) is 1. The fourth-order valence-corrected chi connectivity index (χ4v) is 2.73. The molecule has 0 atom stereocenters. The first-order valence-corrected chi connectivity index (χ1v) is 9.36. The van der Waals surface area contributed by atoms with E-state index in [4.69, 9.17) is 16.3 Å². The van der Waals surface area contributed by atoms with Crippen molar-refractivity contribution in [2.45, 2.75) is 6.92 Å². The third kappa shape index (κ3) is 5.93. The lowest BCUT2D eigenvalue weighted by atomic mass is 10.0. The van der Waals surface area contributed by atoms with E-state index in [-0.39, 0.29) is 0 Å². The quantitative estimate of drug-likeness (QED) is 0.165. The van der Waals surface area contributed by atoms with Gasteiger partial charge in [-0.1, -0.05) is 65.7 Å². The van der Waals surface area contributed by atoms with Gasteiger partial charge in [0.1, 0.15) is 5.75 Å². The SMILES string of the molecule is Cc1ccc(/C=C/C(=O)Oc2ccc(/C=C(/C#N)c3ccc(Cl)cc3)cc2)cc1. The van der Waals surface area contributed by atoms with Crippen molar-refractivity contribution in [1.82, 2.24) is 0 Å². The number of aryl methyl sites for hydroxylation is 1. The number of carbonyl (C=O) groups is 1. The van der Waals surface area contributed by atoms with Gasteiger partial charge in [-0.05, 0) is 60.0 Å². The van der Waals surface area contributed by atoms with Gasteiger partial charge >= 0.3 is 5.97 Å². The summed E-state index contributed by atoms with van der Waals surface area (Å²) in [6, 6.07) is 24.1. The second-order valence-electron chi connectivity index (χ2n) is 6.41. The number of nitriles is 1. The molecular weight excluding hydrogens is 382 g/mol. The average Bonchev–Trinajstić information content (AvgIpc) is 2.73. The average molecular weight is 400 g/mol. The highest BCUT2D eigenvalue weighted by Gasteiger charge is 2.03. The van der Waals surface area contributed by atoms with Crippen molar-refractivity contribution in [2.75, 3.05) is 0 Å². The van der Waals surface area contributed by atoms with Gasteiger partial charge in [-0.3, -0.25) is 0 Å². The molecule has 0 saturated heterocycles. The number of ether oxygens (including phenoxy) is 1. The third-order valence-electron chi connectivity index (χ3n) is 4.17. The van der Waals surface area contributed by atoms with E-state index in [0.717, 1.165) is 22.3 Å². The van der Waals surface area contributed by atoms with Crippen LogP contribution < -0.4 is 4.74 Å². The van der Waals surface area contributed by atoms with Crippen LogP contribution in [0.15, 0.2) is 78.9 Å². The molecule has 0 radical (unpaired) electrons. The summed E-state index contributed by atoms with van der Waals surface area (Å²) in [5.74, 6) is -0.0153. The van der Waals surface area contributed by atoms with Crippen molar-refractivity contribution in [3.8, 4) is 11.8 Å². The van der Waals surface area contributed by atoms with Gasteiger partial charge in [0, 0.05) is 11.1 Å². The molecule has 0 bridgehead atoms. The lowest BCUT2D eigenvalue weighted by Crippen LogP contribution is -2.03. The minimum absolute atomic E-state index is 0.436. The molecule has 0 heterocycles. The summed E-state index contributed by atoms with van der Waals surface area (Å²) in [7, 11) is 0. The van der Waals surface area contributed by atoms with Crippen LogP contribution in [0.4, 0.5) is 0 Å². The summed E-state index contributed by atoms with van der Waals surface area (Å²) in [6.45, 7) is 2.01. The van der Waals surface area contributed by atoms with Gasteiger partial charge in [-0.15, -0.1) is 0 Å². The molecule has 0 aromatic heterocycles. The number of halogens is 1. The van der Waals surface area contributed by atoms with Crippen molar-refractivity contribution < 1.29 is 9.53 Å². The highest BCUT2D eigenvalue weighted by molar-refractivity contribution is 6.30. The number of carbonyl (C=O) groups excluding carboxylic acids is 1. The Balaban J connectivity index is 1.66. The summed E-state index contributed by atoms with van der Waals surface area (Å²) in [4.78, 5) is 12.0. The molecule has 0 aliphatic carbocycles. The van der Waals surface area contributed by atoms with Gasteiger partial charge in [-0.2, -0.15) is 5.26 Å². The number of benzene rings is 3. The minimum Gasteiger partial charge on any atom is -0.423 e. The molecular formula is C25H18ClNO2. The molecule has 0 spiro atoms. The molecule has 3 rings (SSSR count). The van der Waals surface area contributed by atoms with E-state index in [0.29, 0.717) is 16.3 Å². The predicted molar refractivity (Wildman–Crippen MR) is 117 cm³/mol. The molecule has 0 amide bonds. The fourth-order valence-electron chi connectivity index (χ4n) is 2.60. The van der Waals surface area contributed by atoms with Gasteiger partial charge in [0.05, 0.1) is 11.6 Å². The van der Waals surface area contributed by atoms with Crippen LogP contribution in [0.5, 0.6) is 5.75 Å². The number of allylic oxidation sites excluding steroid dienone is 1. The van der Waals surface area contributed by atoms with Crippen LogP contribution in [0.3, 0.4) is 0 Å². The van der Waals surface area contributed by atoms with Gasteiger partial charge in [-0.25, -0.2) is 4.79 Å². The van der Waals surface area contributed by atoms with Crippen LogP contribution in [0.2, 0.25) is 5.02 Å². The van der Waals surface area contributed by atoms with Gasteiger partial charge in [0.15, 0.2) is 0 Å². The van der Waals surface area contributed by atoms with Crippen molar-refractivity contribution in [3.05, 3.63) is 106 Å². The second kappa shape index (κ2) is 9.54. The normalized spacial score (nSPS) is 11.3. The highest BCUT2D eigenvalue weighted by Crippen LogP contribution is 2.21. The van der Waals surface area contributed by atoms with Crippen molar-refractivity contribution in [2.24, 2.45) is 0 Å². The van der Waals surface area contributed by atoms with E-state index in [1.807, 2.05) is 31.2 Å². The smallest absolute Gasteiger partial charge is 0.336 e. The maximum atomic E-state index is 12.0. The topological polar surface area (TPSA) is 50.1 Å². The lowest BCUT2D eigenvalue weighted by Gasteiger charge is -2.03. The molecule has 0 saturated carbocycles. The van der Waals surface area contributed by atoms with E-state index < -0.39 is 5.97 Å². The summed E-state index contributed by atoms with van der Waals surface area (Å²) in [6.07, 6.45) is 4.88. The predicted octanol–water partition coefficient (Wildman–Crippen LogP) is 6.33. The van der Waals surface area contributed by atoms with E-state index >= 15 is 0 Å². The Morgan fingerprint density at radius 2 is 1.55 bits per heavy atom. The first-order chi connectivity index (χ1) is 14.0. The lowest BCUT2D eigenvalue weighted by molar-refractivity contribution is -0.128. The maximum absolute atomic E-state index is 12.0. The Hall–Kier alpha value is -3.61. The number of rotatable bonds is 5.